The fraction of sp³-hybridized carbons (Fsp3) is 0.0526. The van der Waals surface area contributed by atoms with E-state index in [0.29, 0.717) is 11.3 Å². The van der Waals surface area contributed by atoms with E-state index in [2.05, 4.69) is 35.8 Å². The van der Waals surface area contributed by atoms with Gasteiger partial charge >= 0.3 is 0 Å². The maximum Gasteiger partial charge on any atom is 0.294 e. The van der Waals surface area contributed by atoms with E-state index in [4.69, 9.17) is 5.73 Å². The van der Waals surface area contributed by atoms with E-state index in [1.165, 1.54) is 10.9 Å². The monoisotopic (exact) mass is 388 g/mol. The van der Waals surface area contributed by atoms with Crippen molar-refractivity contribution in [3.8, 4) is 17.1 Å². The molecule has 0 fully saturated rings. The molecule has 29 heavy (non-hydrogen) atoms. The van der Waals surface area contributed by atoms with Crippen LogP contribution in [0, 0.1) is 6.92 Å². The third kappa shape index (κ3) is 3.72. The Bertz CT molecular complexity index is 1160. The summed E-state index contributed by atoms with van der Waals surface area (Å²) in [5.74, 6) is -0.369. The Morgan fingerprint density at radius 3 is 2.59 bits per heavy atom. The van der Waals surface area contributed by atoms with Crippen molar-refractivity contribution in [2.75, 3.05) is 5.73 Å². The van der Waals surface area contributed by atoms with Gasteiger partial charge in [0.2, 0.25) is 11.6 Å². The summed E-state index contributed by atoms with van der Waals surface area (Å²) in [6, 6.07) is 16.9. The first-order chi connectivity index (χ1) is 14.1. The molecule has 4 rings (SSSR count). The number of carbonyl (C=O) groups is 1. The lowest BCUT2D eigenvalue weighted by molar-refractivity contribution is 0.0950. The van der Waals surface area contributed by atoms with Crippen LogP contribution in [0.1, 0.15) is 21.6 Å². The summed E-state index contributed by atoms with van der Waals surface area (Å²) >= 11 is 0. The van der Waals surface area contributed by atoms with Crippen LogP contribution in [0.5, 0.6) is 0 Å². The first-order valence-electron chi connectivity index (χ1n) is 8.63. The molecule has 10 nitrogen and oxygen atoms in total. The third-order valence-corrected chi connectivity index (χ3v) is 4.09. The Balaban J connectivity index is 1.70. The zero-order valence-corrected chi connectivity index (χ0v) is 15.4. The summed E-state index contributed by atoms with van der Waals surface area (Å²) in [4.78, 5) is 12.7. The quantitative estimate of drug-likeness (QED) is 0.394. The molecule has 144 valence electrons. The maximum absolute atomic E-state index is 12.7. The minimum absolute atomic E-state index is 0.0253. The number of amides is 1. The molecular weight excluding hydrogens is 372 g/mol. The number of nitrogens with two attached hydrogens (primary N) is 1. The van der Waals surface area contributed by atoms with E-state index in [-0.39, 0.29) is 17.3 Å². The second kappa shape index (κ2) is 7.72. The minimum atomic E-state index is -0.533. The van der Waals surface area contributed by atoms with Gasteiger partial charge in [-0.3, -0.25) is 4.79 Å². The zero-order chi connectivity index (χ0) is 20.2. The van der Waals surface area contributed by atoms with Crippen LogP contribution in [0.3, 0.4) is 0 Å². The van der Waals surface area contributed by atoms with Gasteiger partial charge < -0.3 is 5.73 Å². The number of rotatable bonds is 5. The first kappa shape index (κ1) is 18.0. The molecule has 2 heterocycles. The van der Waals surface area contributed by atoms with Gasteiger partial charge in [-0.25, -0.2) is 10.1 Å². The number of aromatic nitrogens is 5. The number of nitrogens with one attached hydrogen (secondary N) is 1. The van der Waals surface area contributed by atoms with Crippen molar-refractivity contribution in [1.29, 1.82) is 0 Å². The number of hydrogen-bond acceptors (Lipinski definition) is 8. The average Bonchev–Trinajstić information content (AvgIpc) is 3.35. The lowest BCUT2D eigenvalue weighted by Gasteiger charge is -2.06. The fourth-order valence-electron chi connectivity index (χ4n) is 2.65. The predicted octanol–water partition coefficient (Wildman–Crippen LogP) is 1.97. The molecule has 0 bridgehead atoms. The molecule has 3 N–H and O–H groups in total. The van der Waals surface area contributed by atoms with Crippen molar-refractivity contribution < 1.29 is 9.42 Å². The average molecular weight is 388 g/mol. The summed E-state index contributed by atoms with van der Waals surface area (Å²) in [6.45, 7) is 1.96. The zero-order valence-electron chi connectivity index (χ0n) is 15.4. The maximum atomic E-state index is 12.7. The number of aryl methyl sites for hydroxylation is 1. The molecule has 4 aromatic rings. The van der Waals surface area contributed by atoms with E-state index >= 15 is 0 Å². The van der Waals surface area contributed by atoms with Crippen molar-refractivity contribution in [2.24, 2.45) is 5.10 Å². The van der Waals surface area contributed by atoms with Gasteiger partial charge in [-0.2, -0.15) is 9.78 Å². The van der Waals surface area contributed by atoms with Crippen LogP contribution in [0.25, 0.3) is 17.1 Å². The summed E-state index contributed by atoms with van der Waals surface area (Å²) in [6.07, 6.45) is 1.54. The number of nitrogen functional groups attached to an aromatic ring is 1. The molecule has 2 aromatic carbocycles. The molecule has 0 saturated heterocycles. The van der Waals surface area contributed by atoms with E-state index in [1.54, 1.807) is 0 Å². The Hall–Kier alpha value is -4.34. The Kier molecular flexibility index (Phi) is 4.81. The Morgan fingerprint density at radius 1 is 1.14 bits per heavy atom. The van der Waals surface area contributed by atoms with Crippen molar-refractivity contribution >= 4 is 17.9 Å². The molecule has 2 aromatic heterocycles. The summed E-state index contributed by atoms with van der Waals surface area (Å²) in [5, 5.41) is 19.3. The summed E-state index contributed by atoms with van der Waals surface area (Å²) in [5.41, 5.74) is 11.3. The number of hydrazone groups is 1. The number of benzene rings is 2. The van der Waals surface area contributed by atoms with Gasteiger partial charge in [0.25, 0.3) is 5.91 Å². The second-order valence-corrected chi connectivity index (χ2v) is 6.15. The van der Waals surface area contributed by atoms with Gasteiger partial charge in [-0.15, -0.1) is 5.10 Å². The van der Waals surface area contributed by atoms with E-state index < -0.39 is 5.91 Å². The molecule has 0 saturated carbocycles. The minimum Gasteiger partial charge on any atom is -0.378 e. The van der Waals surface area contributed by atoms with Crippen LogP contribution < -0.4 is 11.2 Å². The van der Waals surface area contributed by atoms with Crippen LogP contribution in [-0.4, -0.2) is 37.4 Å². The highest BCUT2D eigenvalue weighted by Crippen LogP contribution is 2.26. The van der Waals surface area contributed by atoms with Crippen molar-refractivity contribution in [3.63, 3.8) is 0 Å². The second-order valence-electron chi connectivity index (χ2n) is 6.15. The molecule has 0 unspecified atom stereocenters. The molecular formula is C19H16N8O2. The molecule has 0 atom stereocenters. The van der Waals surface area contributed by atoms with Gasteiger partial charge in [0.15, 0.2) is 5.69 Å². The highest BCUT2D eigenvalue weighted by molar-refractivity contribution is 5.98. The summed E-state index contributed by atoms with van der Waals surface area (Å²) in [7, 11) is 0. The van der Waals surface area contributed by atoms with Crippen LogP contribution >= 0.6 is 0 Å². The Labute approximate surface area is 165 Å². The smallest absolute Gasteiger partial charge is 0.294 e. The van der Waals surface area contributed by atoms with Crippen LogP contribution in [0.4, 0.5) is 5.82 Å². The lowest BCUT2D eigenvalue weighted by atomic mass is 10.1. The molecule has 0 spiro atoms. The van der Waals surface area contributed by atoms with Crippen molar-refractivity contribution in [1.82, 2.24) is 30.7 Å². The van der Waals surface area contributed by atoms with Gasteiger partial charge in [0, 0.05) is 5.56 Å². The third-order valence-electron chi connectivity index (χ3n) is 4.09. The van der Waals surface area contributed by atoms with Crippen molar-refractivity contribution in [2.45, 2.75) is 6.92 Å². The highest BCUT2D eigenvalue weighted by Gasteiger charge is 2.25. The van der Waals surface area contributed by atoms with Crippen molar-refractivity contribution in [3.05, 3.63) is 71.4 Å². The lowest BCUT2D eigenvalue weighted by Crippen LogP contribution is -2.19. The predicted molar refractivity (Wildman–Crippen MR) is 105 cm³/mol. The molecule has 0 aliphatic carbocycles. The highest BCUT2D eigenvalue weighted by atomic mass is 16.6. The number of hydrogen-bond donors (Lipinski definition) is 2. The first-order valence-corrected chi connectivity index (χ1v) is 8.63. The largest absolute Gasteiger partial charge is 0.378 e. The van der Waals surface area contributed by atoms with Crippen LogP contribution in [0.2, 0.25) is 0 Å². The molecule has 1 amide bonds. The molecule has 0 aliphatic heterocycles. The standard InChI is InChI=1S/C19H16N8O2/c1-12-7-9-14(10-8-12)16-15(22-26-27(16)18-17(20)24-29-25-18)19(28)23-21-11-13-5-3-2-4-6-13/h2-11H,1H3,(H2,20,24)(H,23,28)/b21-11+. The topological polar surface area (TPSA) is 137 Å². The van der Waals surface area contributed by atoms with Gasteiger partial charge in [-0.1, -0.05) is 65.4 Å². The molecule has 0 radical (unpaired) electrons. The number of carbonyl (C=O) groups excluding carboxylic acids is 1. The van der Waals surface area contributed by atoms with E-state index in [1.807, 2.05) is 61.5 Å². The summed E-state index contributed by atoms with van der Waals surface area (Å²) < 4.78 is 5.97. The van der Waals surface area contributed by atoms with Gasteiger partial charge in [0.1, 0.15) is 5.69 Å². The van der Waals surface area contributed by atoms with Gasteiger partial charge in [0.05, 0.1) is 6.21 Å². The number of anilines is 1. The fourth-order valence-corrected chi connectivity index (χ4v) is 2.65. The molecule has 0 aliphatic rings. The van der Waals surface area contributed by atoms with Crippen LogP contribution in [0.15, 0.2) is 64.3 Å². The van der Waals surface area contributed by atoms with Gasteiger partial charge in [-0.05, 0) is 22.8 Å². The van der Waals surface area contributed by atoms with Crippen LogP contribution in [-0.2, 0) is 0 Å². The molecule has 10 heteroatoms. The normalized spacial score (nSPS) is 11.1. The Morgan fingerprint density at radius 2 is 1.90 bits per heavy atom. The number of nitrogens with zero attached hydrogens (tertiary/aromatic N) is 6. The SMILES string of the molecule is Cc1ccc(-c2c(C(=O)N/N=C/c3ccccc3)nnn2-c2nonc2N)cc1. The van der Waals surface area contributed by atoms with E-state index in [0.717, 1.165) is 11.1 Å². The van der Waals surface area contributed by atoms with E-state index in [9.17, 15) is 4.79 Å².